The number of hydrogen-bond donors (Lipinski definition) is 1. The largest absolute Gasteiger partial charge is 0.178 e. The van der Waals surface area contributed by atoms with E-state index in [9.17, 15) is 0 Å². The molecule has 1 rings (SSSR count). The predicted molar refractivity (Wildman–Crippen MR) is 67.5 cm³/mol. The van der Waals surface area contributed by atoms with Gasteiger partial charge >= 0.3 is 0 Å². The van der Waals surface area contributed by atoms with Gasteiger partial charge in [-0.3, -0.25) is 0 Å². The van der Waals surface area contributed by atoms with E-state index in [-0.39, 0.29) is 5.41 Å². The van der Waals surface area contributed by atoms with Crippen molar-refractivity contribution in [1.82, 2.24) is 0 Å². The predicted octanol–water partition coefficient (Wildman–Crippen LogP) is 3.82. The average molecular weight is 208 g/mol. The van der Waals surface area contributed by atoms with Gasteiger partial charge in [-0.2, -0.15) is 12.6 Å². The molecule has 0 fully saturated rings. The summed E-state index contributed by atoms with van der Waals surface area (Å²) < 4.78 is 0. The highest BCUT2D eigenvalue weighted by molar-refractivity contribution is 7.80. The van der Waals surface area contributed by atoms with Gasteiger partial charge < -0.3 is 0 Å². The first-order valence-electron chi connectivity index (χ1n) is 5.08. The molecule has 0 aliphatic heterocycles. The van der Waals surface area contributed by atoms with Gasteiger partial charge in [-0.05, 0) is 54.2 Å². The topological polar surface area (TPSA) is 0 Å². The van der Waals surface area contributed by atoms with Crippen LogP contribution in [0.3, 0.4) is 0 Å². The van der Waals surface area contributed by atoms with Crippen molar-refractivity contribution >= 4 is 12.6 Å². The molecule has 1 aromatic rings. The summed E-state index contributed by atoms with van der Waals surface area (Å²) in [6.45, 7) is 11.1. The van der Waals surface area contributed by atoms with Crippen LogP contribution in [0.25, 0.3) is 0 Å². The third-order valence-electron chi connectivity index (χ3n) is 3.18. The van der Waals surface area contributed by atoms with Crippen LogP contribution in [-0.2, 0) is 5.41 Å². The fourth-order valence-corrected chi connectivity index (χ4v) is 1.94. The molecule has 0 radical (unpaired) electrons. The fourth-order valence-electron chi connectivity index (χ4n) is 1.77. The van der Waals surface area contributed by atoms with E-state index in [4.69, 9.17) is 0 Å². The second kappa shape index (κ2) is 3.98. The van der Waals surface area contributed by atoms with Crippen molar-refractivity contribution in [2.24, 2.45) is 0 Å². The molecule has 0 amide bonds. The third-order valence-corrected chi connectivity index (χ3v) is 3.97. The highest BCUT2D eigenvalue weighted by atomic mass is 32.1. The number of aryl methyl sites for hydroxylation is 1. The monoisotopic (exact) mass is 208 g/mol. The molecule has 0 aliphatic carbocycles. The zero-order chi connectivity index (χ0) is 10.9. The molecule has 0 aliphatic rings. The smallest absolute Gasteiger partial charge is 0.000573 e. The van der Waals surface area contributed by atoms with Crippen LogP contribution < -0.4 is 0 Å². The van der Waals surface area contributed by atoms with E-state index in [2.05, 4.69) is 59.4 Å². The summed E-state index contributed by atoms with van der Waals surface area (Å²) in [7, 11) is 0. The van der Waals surface area contributed by atoms with E-state index in [1.807, 2.05) is 0 Å². The second-order valence-electron chi connectivity index (χ2n) is 4.72. The maximum atomic E-state index is 4.42. The standard InChI is InChI=1S/C13H20S/c1-9-6-7-12(11(3)10(9)2)13(4,5)8-14/h6-7,14H,8H2,1-5H3. The van der Waals surface area contributed by atoms with Crippen LogP contribution in [0.4, 0.5) is 0 Å². The zero-order valence-electron chi connectivity index (χ0n) is 9.81. The third kappa shape index (κ3) is 1.98. The molecule has 0 unspecified atom stereocenters. The van der Waals surface area contributed by atoms with Crippen molar-refractivity contribution in [2.45, 2.75) is 40.0 Å². The van der Waals surface area contributed by atoms with Crippen LogP contribution in [-0.4, -0.2) is 5.75 Å². The van der Waals surface area contributed by atoms with Gasteiger partial charge in [0.25, 0.3) is 0 Å². The van der Waals surface area contributed by atoms with Crippen molar-refractivity contribution in [2.75, 3.05) is 5.75 Å². The molecular weight excluding hydrogens is 188 g/mol. The molecule has 78 valence electrons. The molecule has 0 heterocycles. The number of hydrogen-bond acceptors (Lipinski definition) is 1. The van der Waals surface area contributed by atoms with E-state index in [0.29, 0.717) is 0 Å². The van der Waals surface area contributed by atoms with Crippen molar-refractivity contribution in [3.8, 4) is 0 Å². The Hall–Kier alpha value is -0.430. The molecule has 0 spiro atoms. The molecule has 0 nitrogen and oxygen atoms in total. The van der Waals surface area contributed by atoms with E-state index < -0.39 is 0 Å². The highest BCUT2D eigenvalue weighted by Crippen LogP contribution is 2.30. The molecule has 1 aromatic carbocycles. The first-order valence-corrected chi connectivity index (χ1v) is 5.71. The molecule has 1 heteroatoms. The van der Waals surface area contributed by atoms with Crippen LogP contribution in [0.1, 0.15) is 36.1 Å². The Morgan fingerprint density at radius 3 is 2.14 bits per heavy atom. The molecule has 0 aromatic heterocycles. The Kier molecular flexibility index (Phi) is 3.31. The number of rotatable bonds is 2. The van der Waals surface area contributed by atoms with Gasteiger partial charge in [0.2, 0.25) is 0 Å². The SMILES string of the molecule is Cc1ccc(C(C)(C)CS)c(C)c1C. The Balaban J connectivity index is 3.31. The lowest BCUT2D eigenvalue weighted by Gasteiger charge is -2.26. The van der Waals surface area contributed by atoms with E-state index in [1.54, 1.807) is 0 Å². The summed E-state index contributed by atoms with van der Waals surface area (Å²) in [6.07, 6.45) is 0. The van der Waals surface area contributed by atoms with Crippen LogP contribution in [0, 0.1) is 20.8 Å². The molecule has 0 atom stereocenters. The van der Waals surface area contributed by atoms with Crippen LogP contribution >= 0.6 is 12.6 Å². The van der Waals surface area contributed by atoms with E-state index in [0.717, 1.165) is 5.75 Å². The molecule has 0 saturated carbocycles. The van der Waals surface area contributed by atoms with Gasteiger partial charge in [0.15, 0.2) is 0 Å². The minimum atomic E-state index is 0.172. The normalized spacial score (nSPS) is 11.9. The minimum absolute atomic E-state index is 0.172. The first kappa shape index (κ1) is 11.6. The summed E-state index contributed by atoms with van der Waals surface area (Å²) in [5.41, 5.74) is 5.81. The van der Waals surface area contributed by atoms with Crippen molar-refractivity contribution in [1.29, 1.82) is 0 Å². The Morgan fingerprint density at radius 1 is 1.07 bits per heavy atom. The summed E-state index contributed by atoms with van der Waals surface area (Å²) in [5, 5.41) is 0. The van der Waals surface area contributed by atoms with E-state index in [1.165, 1.54) is 22.3 Å². The Bertz CT molecular complexity index is 337. The molecule has 0 N–H and O–H groups in total. The summed E-state index contributed by atoms with van der Waals surface area (Å²) >= 11 is 4.42. The molecular formula is C13H20S. The molecule has 14 heavy (non-hydrogen) atoms. The van der Waals surface area contributed by atoms with Crippen LogP contribution in [0.15, 0.2) is 12.1 Å². The second-order valence-corrected chi connectivity index (χ2v) is 5.04. The lowest BCUT2D eigenvalue weighted by atomic mass is 9.81. The van der Waals surface area contributed by atoms with Gasteiger partial charge in [0.1, 0.15) is 0 Å². The van der Waals surface area contributed by atoms with Gasteiger partial charge in [-0.25, -0.2) is 0 Å². The van der Waals surface area contributed by atoms with E-state index >= 15 is 0 Å². The number of thiol groups is 1. The van der Waals surface area contributed by atoms with Crippen LogP contribution in [0.2, 0.25) is 0 Å². The minimum Gasteiger partial charge on any atom is -0.178 e. The van der Waals surface area contributed by atoms with Gasteiger partial charge in [-0.15, -0.1) is 0 Å². The molecule has 0 bridgehead atoms. The fraction of sp³-hybridized carbons (Fsp3) is 0.538. The Labute approximate surface area is 93.1 Å². The highest BCUT2D eigenvalue weighted by Gasteiger charge is 2.21. The first-order chi connectivity index (χ1) is 6.40. The van der Waals surface area contributed by atoms with Gasteiger partial charge in [0, 0.05) is 0 Å². The molecule has 0 saturated heterocycles. The number of benzene rings is 1. The zero-order valence-corrected chi connectivity index (χ0v) is 10.7. The summed E-state index contributed by atoms with van der Waals surface area (Å²) in [6, 6.07) is 4.46. The maximum Gasteiger partial charge on any atom is -0.000573 e. The van der Waals surface area contributed by atoms with Crippen molar-refractivity contribution in [3.05, 3.63) is 34.4 Å². The van der Waals surface area contributed by atoms with Gasteiger partial charge in [-0.1, -0.05) is 26.0 Å². The maximum absolute atomic E-state index is 4.42. The lowest BCUT2D eigenvalue weighted by Crippen LogP contribution is -2.21. The summed E-state index contributed by atoms with van der Waals surface area (Å²) in [4.78, 5) is 0. The average Bonchev–Trinajstić information content (AvgIpc) is 2.14. The van der Waals surface area contributed by atoms with Gasteiger partial charge in [0.05, 0.1) is 0 Å². The van der Waals surface area contributed by atoms with Crippen LogP contribution in [0.5, 0.6) is 0 Å². The quantitative estimate of drug-likeness (QED) is 0.702. The lowest BCUT2D eigenvalue weighted by molar-refractivity contribution is 0.598. The Morgan fingerprint density at radius 2 is 1.64 bits per heavy atom. The van der Waals surface area contributed by atoms with Crippen molar-refractivity contribution in [3.63, 3.8) is 0 Å². The van der Waals surface area contributed by atoms with Crippen molar-refractivity contribution < 1.29 is 0 Å². The summed E-state index contributed by atoms with van der Waals surface area (Å²) in [5.74, 6) is 0.885.